The van der Waals surface area contributed by atoms with Gasteiger partial charge in [-0.05, 0) is 6.42 Å². The summed E-state index contributed by atoms with van der Waals surface area (Å²) in [6, 6.07) is 0. The van der Waals surface area contributed by atoms with Gasteiger partial charge in [-0.3, -0.25) is 19.3 Å². The van der Waals surface area contributed by atoms with E-state index < -0.39 is 36.1 Å². The van der Waals surface area contributed by atoms with Crippen LogP contribution >= 0.6 is 0 Å². The van der Waals surface area contributed by atoms with E-state index in [1.54, 1.807) is 0 Å². The Bertz CT molecular complexity index is 627. The van der Waals surface area contributed by atoms with Gasteiger partial charge in [0.1, 0.15) is 19.3 Å². The molecule has 0 aromatic heterocycles. The maximum Gasteiger partial charge on any atom is 0.431 e. The summed E-state index contributed by atoms with van der Waals surface area (Å²) in [6.45, 7) is 11.4. The fourth-order valence-electron chi connectivity index (χ4n) is 1.80. The zero-order valence-corrected chi connectivity index (χ0v) is 18.5. The molecule has 2 N–H and O–H groups in total. The lowest BCUT2D eigenvalue weighted by atomic mass is 10.3. The lowest BCUT2D eigenvalue weighted by Crippen LogP contribution is -2.34. The molecule has 0 radical (unpaired) electrons. The Hall–Kier alpha value is -3.75. The standard InChI is InChI=1S/C15H21N3O11.2C2H4/c1-24-16-14(22)27-8-10(9-28-15(23)17-25-2)26-7-3-4-13(21)29-18-11(19)5-6-12(18)20;2*1-2/h5-6,10H,3-4,7-9H2,1-2H3,(H,16,22)(H,17,23);2*1-2H2. The van der Waals surface area contributed by atoms with E-state index in [1.165, 1.54) is 14.2 Å². The summed E-state index contributed by atoms with van der Waals surface area (Å²) < 4.78 is 15.0. The smallest absolute Gasteiger partial charge is 0.431 e. The van der Waals surface area contributed by atoms with Crippen molar-refractivity contribution in [1.82, 2.24) is 16.0 Å². The Labute approximate surface area is 190 Å². The zero-order chi connectivity index (χ0) is 25.6. The van der Waals surface area contributed by atoms with Gasteiger partial charge < -0.3 is 19.0 Å². The topological polar surface area (TPSA) is 168 Å². The molecule has 1 aliphatic heterocycles. The number of hydroxylamine groups is 4. The summed E-state index contributed by atoms with van der Waals surface area (Å²) in [7, 11) is 2.43. The van der Waals surface area contributed by atoms with Crippen LogP contribution < -0.4 is 11.0 Å². The first-order chi connectivity index (χ1) is 15.9. The molecule has 186 valence electrons. The van der Waals surface area contributed by atoms with Crippen LogP contribution in [0.15, 0.2) is 38.5 Å². The van der Waals surface area contributed by atoms with E-state index in [1.807, 2.05) is 11.0 Å². The predicted octanol–water partition coefficient (Wildman–Crippen LogP) is 0.715. The SMILES string of the molecule is C=C.C=C.CONC(=O)OCC(COC(=O)NOC)OCCCC(=O)ON1C(=O)C=CC1=O. The molecule has 0 unspecified atom stereocenters. The van der Waals surface area contributed by atoms with Gasteiger partial charge in [0.25, 0.3) is 11.8 Å². The van der Waals surface area contributed by atoms with Crippen molar-refractivity contribution in [1.29, 1.82) is 0 Å². The maximum atomic E-state index is 11.7. The van der Waals surface area contributed by atoms with E-state index in [4.69, 9.17) is 14.2 Å². The summed E-state index contributed by atoms with van der Waals surface area (Å²) >= 11 is 0. The fraction of sp³-hybridized carbons (Fsp3) is 0.421. The molecule has 0 spiro atoms. The molecule has 1 rings (SSSR count). The Morgan fingerprint density at radius 3 is 1.79 bits per heavy atom. The monoisotopic (exact) mass is 475 g/mol. The van der Waals surface area contributed by atoms with Crippen LogP contribution in [-0.2, 0) is 43.1 Å². The first-order valence-corrected chi connectivity index (χ1v) is 9.17. The first kappa shape index (κ1) is 31.4. The number of nitrogens with zero attached hydrogens (tertiary/aromatic N) is 1. The Morgan fingerprint density at radius 1 is 0.909 bits per heavy atom. The molecule has 0 saturated heterocycles. The molecular weight excluding hydrogens is 446 g/mol. The number of ether oxygens (including phenoxy) is 3. The second-order valence-corrected chi connectivity index (χ2v) is 5.17. The largest absolute Gasteiger partial charge is 0.445 e. The number of hydrogen-bond donors (Lipinski definition) is 2. The minimum atomic E-state index is -0.889. The molecule has 14 heteroatoms. The van der Waals surface area contributed by atoms with Crippen molar-refractivity contribution < 1.29 is 52.7 Å². The van der Waals surface area contributed by atoms with Crippen LogP contribution in [0.5, 0.6) is 0 Å². The highest BCUT2D eigenvalue weighted by molar-refractivity contribution is 6.12. The highest BCUT2D eigenvalue weighted by Gasteiger charge is 2.27. The number of hydrogen-bond acceptors (Lipinski definition) is 11. The van der Waals surface area contributed by atoms with E-state index >= 15 is 0 Å². The van der Waals surface area contributed by atoms with Crippen LogP contribution in [0, 0.1) is 0 Å². The van der Waals surface area contributed by atoms with E-state index in [2.05, 4.69) is 40.8 Å². The van der Waals surface area contributed by atoms with Crippen LogP contribution in [0.25, 0.3) is 0 Å². The Balaban J connectivity index is 0. The second kappa shape index (κ2) is 20.2. The van der Waals surface area contributed by atoms with Crippen molar-refractivity contribution in [2.75, 3.05) is 34.0 Å². The summed E-state index contributed by atoms with van der Waals surface area (Å²) in [5.41, 5.74) is 3.85. The third kappa shape index (κ3) is 14.8. The van der Waals surface area contributed by atoms with Crippen LogP contribution in [-0.4, -0.2) is 75.2 Å². The van der Waals surface area contributed by atoms with Crippen molar-refractivity contribution >= 4 is 30.0 Å². The number of imide groups is 1. The normalized spacial score (nSPS) is 11.5. The first-order valence-electron chi connectivity index (χ1n) is 9.17. The number of nitrogens with one attached hydrogen (secondary N) is 2. The number of amides is 4. The van der Waals surface area contributed by atoms with Crippen LogP contribution in [0.2, 0.25) is 0 Å². The molecule has 0 atom stereocenters. The molecule has 4 amide bonds. The van der Waals surface area contributed by atoms with Gasteiger partial charge in [-0.25, -0.2) is 14.4 Å². The fourth-order valence-corrected chi connectivity index (χ4v) is 1.80. The summed E-state index contributed by atoms with van der Waals surface area (Å²) in [6.07, 6.45) is -0.708. The summed E-state index contributed by atoms with van der Waals surface area (Å²) in [5, 5.41) is 0.344. The molecule has 1 aliphatic rings. The highest BCUT2D eigenvalue weighted by atomic mass is 16.7. The third-order valence-electron chi connectivity index (χ3n) is 3.01. The van der Waals surface area contributed by atoms with Crippen LogP contribution in [0.3, 0.4) is 0 Å². The van der Waals surface area contributed by atoms with Gasteiger partial charge in [0.15, 0.2) is 0 Å². The van der Waals surface area contributed by atoms with Crippen molar-refractivity contribution in [2.45, 2.75) is 18.9 Å². The summed E-state index contributed by atoms with van der Waals surface area (Å²) in [4.78, 5) is 70.1. The van der Waals surface area contributed by atoms with Gasteiger partial charge in [-0.1, -0.05) is 5.06 Å². The zero-order valence-electron chi connectivity index (χ0n) is 18.5. The number of carbonyl (C=O) groups is 5. The Morgan fingerprint density at radius 2 is 1.36 bits per heavy atom. The van der Waals surface area contributed by atoms with Crippen LogP contribution in [0.4, 0.5) is 9.59 Å². The highest BCUT2D eigenvalue weighted by Crippen LogP contribution is 2.07. The third-order valence-corrected chi connectivity index (χ3v) is 3.01. The van der Waals surface area contributed by atoms with E-state index in [0.717, 1.165) is 12.2 Å². The average molecular weight is 475 g/mol. The maximum absolute atomic E-state index is 11.7. The Kier molecular flexibility index (Phi) is 19.2. The molecule has 0 aromatic carbocycles. The predicted molar refractivity (Wildman–Crippen MR) is 112 cm³/mol. The molecule has 0 aliphatic carbocycles. The molecule has 33 heavy (non-hydrogen) atoms. The van der Waals surface area contributed by atoms with Crippen molar-refractivity contribution in [3.05, 3.63) is 38.5 Å². The molecule has 0 bridgehead atoms. The van der Waals surface area contributed by atoms with Gasteiger partial charge in [0, 0.05) is 18.8 Å². The molecule has 0 saturated carbocycles. The van der Waals surface area contributed by atoms with Crippen molar-refractivity contribution in [3.63, 3.8) is 0 Å². The molecular formula is C19H29N3O11. The molecule has 1 heterocycles. The quantitative estimate of drug-likeness (QED) is 0.176. The van der Waals surface area contributed by atoms with Gasteiger partial charge in [-0.15, -0.1) is 26.3 Å². The van der Waals surface area contributed by atoms with Gasteiger partial charge >= 0.3 is 18.2 Å². The van der Waals surface area contributed by atoms with Crippen molar-refractivity contribution in [3.8, 4) is 0 Å². The van der Waals surface area contributed by atoms with Gasteiger partial charge in [0.05, 0.1) is 20.6 Å². The summed E-state index contributed by atoms with van der Waals surface area (Å²) in [5.74, 6) is -2.32. The van der Waals surface area contributed by atoms with Crippen LogP contribution in [0.1, 0.15) is 12.8 Å². The second-order valence-electron chi connectivity index (χ2n) is 5.17. The molecule has 0 aromatic rings. The lowest BCUT2D eigenvalue weighted by Gasteiger charge is -2.18. The minimum absolute atomic E-state index is 0.00950. The van der Waals surface area contributed by atoms with E-state index in [9.17, 15) is 24.0 Å². The molecule has 14 nitrogen and oxygen atoms in total. The van der Waals surface area contributed by atoms with Gasteiger partial charge in [-0.2, -0.15) is 11.0 Å². The minimum Gasteiger partial charge on any atom is -0.445 e. The number of rotatable bonds is 12. The van der Waals surface area contributed by atoms with Crippen molar-refractivity contribution in [2.24, 2.45) is 0 Å². The van der Waals surface area contributed by atoms with Gasteiger partial charge in [0.2, 0.25) is 0 Å². The lowest BCUT2D eigenvalue weighted by molar-refractivity contribution is -0.196. The molecule has 0 fully saturated rings. The van der Waals surface area contributed by atoms with E-state index in [-0.39, 0.29) is 32.7 Å². The average Bonchev–Trinajstić information content (AvgIpc) is 3.13. The van der Waals surface area contributed by atoms with E-state index in [0.29, 0.717) is 5.06 Å². The number of carbonyl (C=O) groups excluding carboxylic acids is 5.